The van der Waals surface area contributed by atoms with Gasteiger partial charge >= 0.3 is 5.97 Å². The number of rotatable bonds is 6. The minimum absolute atomic E-state index is 0.0999. The summed E-state index contributed by atoms with van der Waals surface area (Å²) in [7, 11) is -1.84. The van der Waals surface area contributed by atoms with Crippen LogP contribution in [0.15, 0.2) is 18.2 Å². The summed E-state index contributed by atoms with van der Waals surface area (Å²) in [6, 6.07) is 4.74. The second-order valence-electron chi connectivity index (χ2n) is 8.55. The molecular weight excluding hydrogens is 434 g/mol. The molecule has 0 radical (unpaired) electrons. The van der Waals surface area contributed by atoms with Crippen molar-refractivity contribution in [2.24, 2.45) is 5.92 Å². The number of hydrogen-bond acceptors (Lipinski definition) is 6. The van der Waals surface area contributed by atoms with Crippen molar-refractivity contribution in [2.75, 3.05) is 43.8 Å². The summed E-state index contributed by atoms with van der Waals surface area (Å²) >= 11 is 0. The number of piperidine rings is 1. The van der Waals surface area contributed by atoms with E-state index in [0.717, 1.165) is 5.56 Å². The summed E-state index contributed by atoms with van der Waals surface area (Å²) in [6.45, 7) is 4.64. The number of hydrogen-bond donors (Lipinski definition) is 0. The predicted octanol–water partition coefficient (Wildman–Crippen LogP) is 1.27. The quantitative estimate of drug-likeness (QED) is 0.586. The molecule has 0 spiro atoms. The fourth-order valence-electron chi connectivity index (χ4n) is 4.49. The number of fused-ring (bicyclic) bond motifs is 1. The number of nitrogens with zero attached hydrogens (tertiary/aromatic N) is 3. The number of benzene rings is 1. The summed E-state index contributed by atoms with van der Waals surface area (Å²) in [5.41, 5.74) is 1.79. The summed E-state index contributed by atoms with van der Waals surface area (Å²) < 4.78 is 30.6. The highest BCUT2D eigenvalue weighted by molar-refractivity contribution is 7.92. The Morgan fingerprint density at radius 1 is 1.25 bits per heavy atom. The van der Waals surface area contributed by atoms with Crippen molar-refractivity contribution in [3.8, 4) is 0 Å². The van der Waals surface area contributed by atoms with Gasteiger partial charge in [0.25, 0.3) is 5.91 Å². The fraction of sp³-hybridized carbons (Fsp3) is 0.591. The van der Waals surface area contributed by atoms with Crippen molar-refractivity contribution < 1.29 is 27.5 Å². The van der Waals surface area contributed by atoms with Crippen molar-refractivity contribution in [3.05, 3.63) is 29.3 Å². The molecule has 0 N–H and O–H groups in total. The molecule has 0 bridgehead atoms. The molecular formula is C22H31N3O6S. The Morgan fingerprint density at radius 2 is 1.97 bits per heavy atom. The maximum atomic E-state index is 12.9. The van der Waals surface area contributed by atoms with Crippen LogP contribution in [-0.4, -0.2) is 81.6 Å². The van der Waals surface area contributed by atoms with E-state index in [1.165, 1.54) is 15.5 Å². The van der Waals surface area contributed by atoms with E-state index in [2.05, 4.69) is 0 Å². The molecule has 0 saturated carbocycles. The maximum Gasteiger partial charge on any atom is 0.310 e. The molecule has 1 aromatic carbocycles. The highest BCUT2D eigenvalue weighted by Gasteiger charge is 2.34. The Balaban J connectivity index is 1.66. The summed E-state index contributed by atoms with van der Waals surface area (Å²) in [4.78, 5) is 40.7. The number of amides is 2. The Hall–Kier alpha value is -2.62. The van der Waals surface area contributed by atoms with E-state index in [0.29, 0.717) is 50.2 Å². The minimum Gasteiger partial charge on any atom is -0.466 e. The highest BCUT2D eigenvalue weighted by Crippen LogP contribution is 2.34. The molecule has 0 aliphatic carbocycles. The summed E-state index contributed by atoms with van der Waals surface area (Å²) in [5, 5.41) is 0. The van der Waals surface area contributed by atoms with Crippen LogP contribution in [0.25, 0.3) is 0 Å². The van der Waals surface area contributed by atoms with Gasteiger partial charge in [-0.3, -0.25) is 18.7 Å². The van der Waals surface area contributed by atoms with Crippen LogP contribution >= 0.6 is 0 Å². The normalized spacial score (nSPS) is 20.6. The molecule has 32 heavy (non-hydrogen) atoms. The first-order chi connectivity index (χ1) is 15.0. The molecule has 10 heteroatoms. The molecule has 2 atom stereocenters. The van der Waals surface area contributed by atoms with Crippen LogP contribution in [-0.2, 0) is 30.8 Å². The van der Waals surface area contributed by atoms with Gasteiger partial charge in [-0.25, -0.2) is 8.42 Å². The number of carbonyl (C=O) groups is 3. The van der Waals surface area contributed by atoms with Crippen molar-refractivity contribution >= 4 is 33.5 Å². The second kappa shape index (κ2) is 9.48. The molecule has 1 aromatic rings. The Bertz CT molecular complexity index is 1010. The van der Waals surface area contributed by atoms with Crippen molar-refractivity contribution in [1.29, 1.82) is 0 Å². The number of sulfonamides is 1. The first-order valence-electron chi connectivity index (χ1n) is 10.8. The van der Waals surface area contributed by atoms with Gasteiger partial charge in [0.2, 0.25) is 15.9 Å². The monoisotopic (exact) mass is 465 g/mol. The molecule has 1 fully saturated rings. The highest BCUT2D eigenvalue weighted by atomic mass is 32.2. The average molecular weight is 466 g/mol. The van der Waals surface area contributed by atoms with Gasteiger partial charge in [-0.15, -0.1) is 0 Å². The zero-order chi connectivity index (χ0) is 23.6. The van der Waals surface area contributed by atoms with Gasteiger partial charge in [-0.2, -0.15) is 0 Å². The number of esters is 1. The number of anilines is 1. The zero-order valence-corrected chi connectivity index (χ0v) is 19.9. The lowest BCUT2D eigenvalue weighted by atomic mass is 9.98. The third-order valence-corrected chi connectivity index (χ3v) is 7.22. The third kappa shape index (κ3) is 5.06. The molecule has 2 amide bonds. The van der Waals surface area contributed by atoms with Crippen LogP contribution in [0.3, 0.4) is 0 Å². The standard InChI is InChI=1S/C22H31N3O6S/c1-5-31-22(28)17-7-6-10-24(13-17)20(26)14-23(3)21(27)16-8-9-19-18(12-16)11-15(2)25(19)32(4,29)30/h8-9,12,15,17H,5-7,10-11,13-14H2,1-4H3. The van der Waals surface area contributed by atoms with Gasteiger partial charge in [0.15, 0.2) is 0 Å². The summed E-state index contributed by atoms with van der Waals surface area (Å²) in [6.07, 6.45) is 3.10. The molecule has 2 unspecified atom stereocenters. The number of likely N-dealkylation sites (N-methyl/N-ethyl adjacent to an activating group) is 1. The van der Waals surface area contributed by atoms with Gasteiger partial charge in [0.05, 0.1) is 31.0 Å². The predicted molar refractivity (Wildman–Crippen MR) is 120 cm³/mol. The first kappa shape index (κ1) is 24.0. The molecule has 1 saturated heterocycles. The fourth-order valence-corrected chi connectivity index (χ4v) is 5.76. The minimum atomic E-state index is -3.40. The molecule has 2 aliphatic heterocycles. The van der Waals surface area contributed by atoms with Crippen molar-refractivity contribution in [2.45, 2.75) is 39.2 Å². The molecule has 176 valence electrons. The van der Waals surface area contributed by atoms with Crippen molar-refractivity contribution in [3.63, 3.8) is 0 Å². The Morgan fingerprint density at radius 3 is 2.62 bits per heavy atom. The van der Waals surface area contributed by atoms with Gasteiger partial charge < -0.3 is 14.5 Å². The van der Waals surface area contributed by atoms with Crippen LogP contribution < -0.4 is 4.31 Å². The van der Waals surface area contributed by atoms with E-state index in [9.17, 15) is 22.8 Å². The van der Waals surface area contributed by atoms with Gasteiger partial charge in [-0.05, 0) is 56.9 Å². The van der Waals surface area contributed by atoms with E-state index < -0.39 is 10.0 Å². The van der Waals surface area contributed by atoms with E-state index in [4.69, 9.17) is 4.74 Å². The Labute approximate surface area is 189 Å². The zero-order valence-electron chi connectivity index (χ0n) is 19.0. The molecule has 3 rings (SSSR count). The van der Waals surface area contributed by atoms with Crippen molar-refractivity contribution in [1.82, 2.24) is 9.80 Å². The van der Waals surface area contributed by atoms with Crippen LogP contribution in [0.4, 0.5) is 5.69 Å². The molecule has 2 aliphatic rings. The van der Waals surface area contributed by atoms with Gasteiger partial charge in [0.1, 0.15) is 0 Å². The van der Waals surface area contributed by atoms with Crippen LogP contribution in [0, 0.1) is 5.92 Å². The lowest BCUT2D eigenvalue weighted by Crippen LogP contribution is -2.47. The average Bonchev–Trinajstić information content (AvgIpc) is 3.08. The van der Waals surface area contributed by atoms with Crippen LogP contribution in [0.1, 0.15) is 42.6 Å². The van der Waals surface area contributed by atoms with E-state index >= 15 is 0 Å². The van der Waals surface area contributed by atoms with Crippen LogP contribution in [0.2, 0.25) is 0 Å². The lowest BCUT2D eigenvalue weighted by Gasteiger charge is -2.32. The van der Waals surface area contributed by atoms with E-state index in [1.807, 2.05) is 6.92 Å². The number of ether oxygens (including phenoxy) is 1. The van der Waals surface area contributed by atoms with E-state index in [1.54, 1.807) is 37.1 Å². The molecule has 0 aromatic heterocycles. The largest absolute Gasteiger partial charge is 0.466 e. The lowest BCUT2D eigenvalue weighted by molar-refractivity contribution is -0.151. The Kier molecular flexibility index (Phi) is 7.12. The van der Waals surface area contributed by atoms with Gasteiger partial charge in [-0.1, -0.05) is 0 Å². The second-order valence-corrected chi connectivity index (χ2v) is 10.4. The van der Waals surface area contributed by atoms with Gasteiger partial charge in [0, 0.05) is 31.7 Å². The maximum absolute atomic E-state index is 12.9. The van der Waals surface area contributed by atoms with E-state index in [-0.39, 0.29) is 36.3 Å². The first-order valence-corrected chi connectivity index (χ1v) is 12.7. The topological polar surface area (TPSA) is 104 Å². The number of likely N-dealkylation sites (tertiary alicyclic amines) is 1. The smallest absolute Gasteiger partial charge is 0.310 e. The summed E-state index contributed by atoms with van der Waals surface area (Å²) in [5.74, 6) is -1.14. The third-order valence-electron chi connectivity index (χ3n) is 5.95. The number of carbonyl (C=O) groups excluding carboxylic acids is 3. The van der Waals surface area contributed by atoms with Crippen LogP contribution in [0.5, 0.6) is 0 Å². The molecule has 2 heterocycles. The molecule has 9 nitrogen and oxygen atoms in total. The SMILES string of the molecule is CCOC(=O)C1CCCN(C(=O)CN(C)C(=O)c2ccc3c(c2)CC(C)N3S(C)(=O)=O)C1.